The minimum absolute atomic E-state index is 0.129. The summed E-state index contributed by atoms with van der Waals surface area (Å²) >= 11 is 0. The second-order valence-corrected chi connectivity index (χ2v) is 10.9. The highest BCUT2D eigenvalue weighted by molar-refractivity contribution is 5.87. The summed E-state index contributed by atoms with van der Waals surface area (Å²) in [5.74, 6) is 2.02. The fourth-order valence-electron chi connectivity index (χ4n) is 7.99. The number of ketones is 1. The minimum Gasteiger partial charge on any atom is -0.344 e. The molecule has 5 rings (SSSR count). The van der Waals surface area contributed by atoms with E-state index in [2.05, 4.69) is 27.7 Å². The summed E-state index contributed by atoms with van der Waals surface area (Å²) in [6, 6.07) is 0.291. The van der Waals surface area contributed by atoms with Gasteiger partial charge in [-0.1, -0.05) is 13.8 Å². The Morgan fingerprint density at radius 3 is 2.42 bits per heavy atom. The minimum atomic E-state index is -0.525. The maximum absolute atomic E-state index is 12.7. The third kappa shape index (κ3) is 2.15. The van der Waals surface area contributed by atoms with Crippen molar-refractivity contribution < 1.29 is 14.3 Å². The number of hydrogen-bond donors (Lipinski definition) is 1. The highest BCUT2D eigenvalue weighted by atomic mass is 16.8. The fraction of sp³-hybridized carbons (Fsp3) is 0.955. The van der Waals surface area contributed by atoms with Gasteiger partial charge >= 0.3 is 0 Å². The quantitative estimate of drug-likeness (QED) is 0.715. The van der Waals surface area contributed by atoms with Gasteiger partial charge in [-0.15, -0.1) is 0 Å². The van der Waals surface area contributed by atoms with Crippen LogP contribution in [0.25, 0.3) is 0 Å². The Bertz CT molecular complexity index is 633. The molecular formula is C22H35NO3. The number of carbonyl (C=O) groups is 1. The second kappa shape index (κ2) is 5.33. The van der Waals surface area contributed by atoms with Crippen molar-refractivity contribution in [3.05, 3.63) is 0 Å². The largest absolute Gasteiger partial charge is 0.344 e. The Kier molecular flexibility index (Phi) is 3.61. The lowest BCUT2D eigenvalue weighted by Crippen LogP contribution is -2.63. The molecule has 0 aromatic carbocycles. The van der Waals surface area contributed by atoms with Crippen LogP contribution in [0.3, 0.4) is 0 Å². The number of carbonyl (C=O) groups excluding carboxylic acids is 1. The first kappa shape index (κ1) is 17.6. The average Bonchev–Trinajstić information content (AvgIpc) is 3.05. The zero-order chi connectivity index (χ0) is 18.5. The number of hydrogen-bond acceptors (Lipinski definition) is 4. The van der Waals surface area contributed by atoms with E-state index in [9.17, 15) is 4.79 Å². The van der Waals surface area contributed by atoms with Crippen LogP contribution < -0.4 is 5.73 Å². The molecule has 146 valence electrons. The first-order valence-electron chi connectivity index (χ1n) is 10.8. The molecule has 1 heterocycles. The van der Waals surface area contributed by atoms with Gasteiger partial charge in [-0.2, -0.15) is 0 Å². The molecular weight excluding hydrogens is 326 g/mol. The number of rotatable bonds is 0. The van der Waals surface area contributed by atoms with E-state index >= 15 is 0 Å². The van der Waals surface area contributed by atoms with Crippen molar-refractivity contribution in [3.8, 4) is 0 Å². The molecule has 5 aliphatic rings. The Hall–Kier alpha value is -0.450. The molecule has 0 amide bonds. The van der Waals surface area contributed by atoms with Crippen molar-refractivity contribution in [2.45, 2.75) is 96.7 Å². The maximum atomic E-state index is 12.7. The van der Waals surface area contributed by atoms with Crippen LogP contribution in [-0.2, 0) is 14.3 Å². The topological polar surface area (TPSA) is 61.5 Å². The van der Waals surface area contributed by atoms with Gasteiger partial charge in [0.05, 0.1) is 12.2 Å². The van der Waals surface area contributed by atoms with Crippen LogP contribution in [0.2, 0.25) is 0 Å². The smallest absolute Gasteiger partial charge is 0.163 e. The monoisotopic (exact) mass is 361 g/mol. The van der Waals surface area contributed by atoms with Crippen LogP contribution in [-0.4, -0.2) is 29.8 Å². The third-order valence-corrected chi connectivity index (χ3v) is 9.29. The lowest BCUT2D eigenvalue weighted by Gasteiger charge is -2.62. The highest BCUT2D eigenvalue weighted by Crippen LogP contribution is 2.67. The Morgan fingerprint density at radius 1 is 0.923 bits per heavy atom. The van der Waals surface area contributed by atoms with E-state index in [0.29, 0.717) is 35.5 Å². The zero-order valence-electron chi connectivity index (χ0n) is 16.8. The SMILES string of the molecule is CC1(C)O[C@@H]2C3C(CC[C@]4(C)C(=O)CCC34)[C@@]3(C)CC[C@@H](N)CC3[C@H]2O1. The van der Waals surface area contributed by atoms with Gasteiger partial charge in [0.15, 0.2) is 5.79 Å². The molecule has 4 saturated carbocycles. The van der Waals surface area contributed by atoms with Crippen molar-refractivity contribution in [1.29, 1.82) is 0 Å². The second-order valence-electron chi connectivity index (χ2n) is 10.9. The van der Waals surface area contributed by atoms with Crippen LogP contribution in [0.4, 0.5) is 0 Å². The number of fused-ring (bicyclic) bond motifs is 8. The Balaban J connectivity index is 1.59. The van der Waals surface area contributed by atoms with E-state index in [-0.39, 0.29) is 23.0 Å². The van der Waals surface area contributed by atoms with Gasteiger partial charge < -0.3 is 15.2 Å². The molecule has 4 nitrogen and oxygen atoms in total. The van der Waals surface area contributed by atoms with Crippen LogP contribution >= 0.6 is 0 Å². The van der Waals surface area contributed by atoms with Gasteiger partial charge in [-0.25, -0.2) is 0 Å². The first-order chi connectivity index (χ1) is 12.2. The summed E-state index contributed by atoms with van der Waals surface area (Å²) in [5, 5.41) is 0. The third-order valence-electron chi connectivity index (χ3n) is 9.29. The molecule has 1 aliphatic heterocycles. The summed E-state index contributed by atoms with van der Waals surface area (Å²) in [7, 11) is 0. The molecule has 5 fully saturated rings. The van der Waals surface area contributed by atoms with Gasteiger partial charge in [0.2, 0.25) is 0 Å². The Morgan fingerprint density at radius 2 is 1.65 bits per heavy atom. The maximum Gasteiger partial charge on any atom is 0.163 e. The summed E-state index contributed by atoms with van der Waals surface area (Å²) in [6.07, 6.45) is 7.69. The van der Waals surface area contributed by atoms with Crippen LogP contribution in [0.15, 0.2) is 0 Å². The van der Waals surface area contributed by atoms with Gasteiger partial charge in [-0.3, -0.25) is 4.79 Å². The Labute approximate surface area is 157 Å². The molecule has 4 unspecified atom stereocenters. The summed E-state index contributed by atoms with van der Waals surface area (Å²) in [6.45, 7) is 8.86. The van der Waals surface area contributed by atoms with Gasteiger partial charge in [0.1, 0.15) is 5.78 Å². The standard InChI is InChI=1S/C22H35NO3/c1-20(2)25-18-15-11-12(23)7-9-21(15,3)14-8-10-22(4)13(5-6-16(22)24)17(14)19(18)26-20/h12-15,17-19H,5-11,23H2,1-4H3/t12-,13?,14?,15?,17?,18-,19-,21-,22+/m1/s1. The van der Waals surface area contributed by atoms with Gasteiger partial charge in [0.25, 0.3) is 0 Å². The fourth-order valence-corrected chi connectivity index (χ4v) is 7.99. The van der Waals surface area contributed by atoms with Crippen molar-refractivity contribution in [2.75, 3.05) is 0 Å². The molecule has 2 N–H and O–H groups in total. The van der Waals surface area contributed by atoms with E-state index in [1.807, 2.05) is 0 Å². The average molecular weight is 362 g/mol. The molecule has 0 radical (unpaired) electrons. The van der Waals surface area contributed by atoms with Crippen molar-refractivity contribution in [1.82, 2.24) is 0 Å². The van der Waals surface area contributed by atoms with E-state index in [4.69, 9.17) is 15.2 Å². The lowest BCUT2D eigenvalue weighted by atomic mass is 9.43. The predicted molar refractivity (Wildman–Crippen MR) is 99.3 cm³/mol. The highest BCUT2D eigenvalue weighted by Gasteiger charge is 2.68. The molecule has 0 aromatic rings. The summed E-state index contributed by atoms with van der Waals surface area (Å²) in [5.41, 5.74) is 6.55. The number of Topliss-reactive ketones (excluding diaryl/α,β-unsaturated/α-hetero) is 1. The lowest BCUT2D eigenvalue weighted by molar-refractivity contribution is -0.178. The first-order valence-corrected chi connectivity index (χ1v) is 10.8. The van der Waals surface area contributed by atoms with E-state index in [1.54, 1.807) is 0 Å². The molecule has 1 saturated heterocycles. The normalized spacial score (nSPS) is 57.9. The molecule has 0 aromatic heterocycles. The molecule has 26 heavy (non-hydrogen) atoms. The van der Waals surface area contributed by atoms with Crippen LogP contribution in [0, 0.1) is 34.5 Å². The molecule has 0 spiro atoms. The molecule has 4 heteroatoms. The van der Waals surface area contributed by atoms with Crippen molar-refractivity contribution in [2.24, 2.45) is 40.2 Å². The van der Waals surface area contributed by atoms with Gasteiger partial charge in [-0.05, 0) is 81.5 Å². The van der Waals surface area contributed by atoms with Crippen LogP contribution in [0.1, 0.15) is 72.6 Å². The van der Waals surface area contributed by atoms with Crippen molar-refractivity contribution in [3.63, 3.8) is 0 Å². The molecule has 0 bridgehead atoms. The summed E-state index contributed by atoms with van der Waals surface area (Å²) in [4.78, 5) is 12.7. The zero-order valence-corrected chi connectivity index (χ0v) is 16.8. The van der Waals surface area contributed by atoms with E-state index in [1.165, 1.54) is 12.8 Å². The van der Waals surface area contributed by atoms with E-state index in [0.717, 1.165) is 32.1 Å². The number of nitrogens with two attached hydrogens (primary N) is 1. The predicted octanol–water partition coefficient (Wildman–Crippen LogP) is 3.67. The van der Waals surface area contributed by atoms with Crippen LogP contribution in [0.5, 0.6) is 0 Å². The van der Waals surface area contributed by atoms with Gasteiger partial charge in [0, 0.05) is 17.9 Å². The molecule has 4 aliphatic carbocycles. The van der Waals surface area contributed by atoms with E-state index < -0.39 is 5.79 Å². The summed E-state index contributed by atoms with van der Waals surface area (Å²) < 4.78 is 13.1. The van der Waals surface area contributed by atoms with Crippen molar-refractivity contribution >= 4 is 5.78 Å². The number of ether oxygens (including phenoxy) is 2. The molecule has 9 atom stereocenters.